The van der Waals surface area contributed by atoms with Gasteiger partial charge in [0.15, 0.2) is 0 Å². The molecule has 2 aromatic rings. The summed E-state index contributed by atoms with van der Waals surface area (Å²) in [5.74, 6) is -0.520. The van der Waals surface area contributed by atoms with Gasteiger partial charge < -0.3 is 5.32 Å². The van der Waals surface area contributed by atoms with Crippen LogP contribution in [0, 0.1) is 5.82 Å². The zero-order valence-corrected chi connectivity index (χ0v) is 13.5. The van der Waals surface area contributed by atoms with Crippen molar-refractivity contribution >= 4 is 33.2 Å². The minimum Gasteiger partial charge on any atom is -0.324 e. The Hall–Kier alpha value is -2.01. The van der Waals surface area contributed by atoms with Gasteiger partial charge in [0.25, 0.3) is 0 Å². The van der Waals surface area contributed by atoms with E-state index >= 15 is 0 Å². The third kappa shape index (κ3) is 2.68. The van der Waals surface area contributed by atoms with E-state index in [-0.39, 0.29) is 11.7 Å². The molecule has 3 nitrogen and oxygen atoms in total. The lowest BCUT2D eigenvalue weighted by atomic mass is 10.00. The molecule has 0 fully saturated rings. The zero-order chi connectivity index (χ0) is 15.7. The van der Waals surface area contributed by atoms with E-state index in [1.54, 1.807) is 24.3 Å². The Kier molecular flexibility index (Phi) is 4.07. The van der Waals surface area contributed by atoms with Gasteiger partial charge in [0.2, 0.25) is 5.91 Å². The summed E-state index contributed by atoms with van der Waals surface area (Å²) >= 11 is 3.42. The summed E-state index contributed by atoms with van der Waals surface area (Å²) in [5, 5.41) is 2.87. The van der Waals surface area contributed by atoms with Gasteiger partial charge >= 0.3 is 0 Å². The van der Waals surface area contributed by atoms with E-state index in [9.17, 15) is 9.18 Å². The molecule has 0 aromatic heterocycles. The van der Waals surface area contributed by atoms with Crippen molar-refractivity contribution in [1.82, 2.24) is 0 Å². The summed E-state index contributed by atoms with van der Waals surface area (Å²) in [4.78, 5) is 16.8. The number of hydrogen-bond donors (Lipinski definition) is 1. The van der Waals surface area contributed by atoms with Crippen LogP contribution in [0.3, 0.4) is 0 Å². The molecule has 1 heterocycles. The summed E-state index contributed by atoms with van der Waals surface area (Å²) in [6, 6.07) is 11.4. The topological polar surface area (TPSA) is 41.5 Å². The van der Waals surface area contributed by atoms with Gasteiger partial charge in [-0.25, -0.2) is 4.39 Å². The molecule has 0 aliphatic carbocycles. The second-order valence-corrected chi connectivity index (χ2v) is 5.98. The molecule has 1 aliphatic rings. The van der Waals surface area contributed by atoms with Gasteiger partial charge in [-0.05, 0) is 36.8 Å². The van der Waals surface area contributed by atoms with Crippen LogP contribution in [0.15, 0.2) is 51.9 Å². The van der Waals surface area contributed by atoms with Crippen LogP contribution in [0.2, 0.25) is 0 Å². The molecular weight excluding hydrogens is 347 g/mol. The van der Waals surface area contributed by atoms with Gasteiger partial charge in [-0.3, -0.25) is 9.79 Å². The average molecular weight is 361 g/mol. The van der Waals surface area contributed by atoms with Crippen molar-refractivity contribution in [2.24, 2.45) is 4.99 Å². The Morgan fingerprint density at radius 3 is 2.73 bits per heavy atom. The SMILES string of the molecule is CC[C@H]1N=C(c2ccccc2F)c2cc(Br)ccc2NC1=O. The fourth-order valence-electron chi connectivity index (χ4n) is 2.47. The minimum absolute atomic E-state index is 0.169. The average Bonchev–Trinajstić information content (AvgIpc) is 2.64. The van der Waals surface area contributed by atoms with Crippen LogP contribution < -0.4 is 5.32 Å². The minimum atomic E-state index is -0.527. The fraction of sp³-hybridized carbons (Fsp3) is 0.176. The van der Waals surface area contributed by atoms with E-state index in [1.165, 1.54) is 6.07 Å². The summed E-state index contributed by atoms with van der Waals surface area (Å²) < 4.78 is 15.1. The lowest BCUT2D eigenvalue weighted by molar-refractivity contribution is -0.117. The molecule has 1 amide bonds. The molecule has 0 saturated carbocycles. The van der Waals surface area contributed by atoms with Gasteiger partial charge in [-0.1, -0.05) is 35.0 Å². The van der Waals surface area contributed by atoms with Crippen LogP contribution in [0.4, 0.5) is 10.1 Å². The van der Waals surface area contributed by atoms with Gasteiger partial charge in [-0.15, -0.1) is 0 Å². The molecule has 0 unspecified atom stereocenters. The number of benzodiazepines with no additional fused rings is 1. The highest BCUT2D eigenvalue weighted by molar-refractivity contribution is 9.10. The van der Waals surface area contributed by atoms with Crippen molar-refractivity contribution in [2.45, 2.75) is 19.4 Å². The monoisotopic (exact) mass is 360 g/mol. The number of halogens is 2. The molecule has 22 heavy (non-hydrogen) atoms. The predicted octanol–water partition coefficient (Wildman–Crippen LogP) is 4.16. The number of benzene rings is 2. The number of hydrogen-bond acceptors (Lipinski definition) is 2. The Morgan fingerprint density at radius 2 is 2.00 bits per heavy atom. The van der Waals surface area contributed by atoms with E-state index in [4.69, 9.17) is 0 Å². The first-order valence-corrected chi connectivity index (χ1v) is 7.83. The number of carbonyl (C=O) groups is 1. The molecule has 112 valence electrons. The highest BCUT2D eigenvalue weighted by atomic mass is 79.9. The summed E-state index contributed by atoms with van der Waals surface area (Å²) in [5.41, 5.74) is 2.26. The summed E-state index contributed by atoms with van der Waals surface area (Å²) in [7, 11) is 0. The second-order valence-electron chi connectivity index (χ2n) is 5.06. The predicted molar refractivity (Wildman–Crippen MR) is 88.9 cm³/mol. The molecule has 5 heteroatoms. The maximum Gasteiger partial charge on any atom is 0.249 e. The number of nitrogens with one attached hydrogen (secondary N) is 1. The van der Waals surface area contributed by atoms with Gasteiger partial charge in [0, 0.05) is 15.6 Å². The molecule has 2 aromatic carbocycles. The molecule has 0 radical (unpaired) electrons. The van der Waals surface area contributed by atoms with E-state index in [1.807, 2.05) is 19.1 Å². The van der Waals surface area contributed by atoms with Crippen molar-refractivity contribution in [2.75, 3.05) is 5.32 Å². The standard InChI is InChI=1S/C17H14BrFN2O/c1-2-14-17(22)21-15-8-7-10(18)9-12(15)16(20-14)11-5-3-4-6-13(11)19/h3-9,14H,2H2,1H3,(H,21,22)/t14-/m1/s1. The number of rotatable bonds is 2. The number of anilines is 1. The van der Waals surface area contributed by atoms with Crippen LogP contribution in [0.1, 0.15) is 24.5 Å². The largest absolute Gasteiger partial charge is 0.324 e. The number of fused-ring (bicyclic) bond motifs is 1. The number of carbonyl (C=O) groups excluding carboxylic acids is 1. The van der Waals surface area contributed by atoms with Crippen molar-refractivity contribution in [3.63, 3.8) is 0 Å². The van der Waals surface area contributed by atoms with Crippen LogP contribution in [-0.4, -0.2) is 17.7 Å². The highest BCUT2D eigenvalue weighted by Crippen LogP contribution is 2.28. The Balaban J connectivity index is 2.26. The smallest absolute Gasteiger partial charge is 0.249 e. The fourth-order valence-corrected chi connectivity index (χ4v) is 2.83. The number of aliphatic imine (C=N–C) groups is 1. The van der Waals surface area contributed by atoms with E-state index < -0.39 is 6.04 Å². The van der Waals surface area contributed by atoms with E-state index in [2.05, 4.69) is 26.2 Å². The molecular formula is C17H14BrFN2O. The third-order valence-corrected chi connectivity index (χ3v) is 4.09. The zero-order valence-electron chi connectivity index (χ0n) is 11.9. The van der Waals surface area contributed by atoms with Crippen LogP contribution in [0.5, 0.6) is 0 Å². The number of nitrogens with zero attached hydrogens (tertiary/aromatic N) is 1. The van der Waals surface area contributed by atoms with Crippen LogP contribution in [-0.2, 0) is 4.79 Å². The quantitative estimate of drug-likeness (QED) is 0.858. The van der Waals surface area contributed by atoms with Crippen LogP contribution in [0.25, 0.3) is 0 Å². The molecule has 1 atom stereocenters. The lowest BCUT2D eigenvalue weighted by Gasteiger charge is -2.11. The normalized spacial score (nSPS) is 17.3. The first-order valence-electron chi connectivity index (χ1n) is 7.03. The first kappa shape index (κ1) is 14.9. The van der Waals surface area contributed by atoms with Crippen molar-refractivity contribution in [3.8, 4) is 0 Å². The molecule has 0 saturated heterocycles. The van der Waals surface area contributed by atoms with Crippen LogP contribution >= 0.6 is 15.9 Å². The Labute approximate surface area is 136 Å². The van der Waals surface area contributed by atoms with Crippen molar-refractivity contribution < 1.29 is 9.18 Å². The van der Waals surface area contributed by atoms with E-state index in [0.29, 0.717) is 28.9 Å². The highest BCUT2D eigenvalue weighted by Gasteiger charge is 2.25. The Bertz CT molecular complexity index is 773. The maximum absolute atomic E-state index is 14.2. The van der Waals surface area contributed by atoms with Gasteiger partial charge in [-0.2, -0.15) is 0 Å². The second kappa shape index (κ2) is 6.01. The number of amides is 1. The molecule has 3 rings (SSSR count). The summed E-state index contributed by atoms with van der Waals surface area (Å²) in [6.45, 7) is 1.89. The summed E-state index contributed by atoms with van der Waals surface area (Å²) in [6.07, 6.45) is 0.555. The first-order chi connectivity index (χ1) is 10.6. The molecule has 0 spiro atoms. The van der Waals surface area contributed by atoms with Crippen molar-refractivity contribution in [3.05, 3.63) is 63.9 Å². The molecule has 1 N–H and O–H groups in total. The maximum atomic E-state index is 14.2. The lowest BCUT2D eigenvalue weighted by Crippen LogP contribution is -2.24. The van der Waals surface area contributed by atoms with Gasteiger partial charge in [0.05, 0.1) is 11.4 Å². The van der Waals surface area contributed by atoms with Crippen molar-refractivity contribution in [1.29, 1.82) is 0 Å². The van der Waals surface area contributed by atoms with E-state index in [0.717, 1.165) is 4.47 Å². The Morgan fingerprint density at radius 1 is 1.23 bits per heavy atom. The molecule has 1 aliphatic heterocycles. The van der Waals surface area contributed by atoms with Gasteiger partial charge in [0.1, 0.15) is 11.9 Å². The molecule has 0 bridgehead atoms. The third-order valence-electron chi connectivity index (χ3n) is 3.60.